The highest BCUT2D eigenvalue weighted by atomic mass is 19.4. The summed E-state index contributed by atoms with van der Waals surface area (Å²) in [5, 5.41) is 5.83. The molecule has 2 N–H and O–H groups in total. The average molecular weight is 461 g/mol. The molecule has 2 amide bonds. The monoisotopic (exact) mass is 461 g/mol. The van der Waals surface area contributed by atoms with E-state index in [0.717, 1.165) is 5.43 Å². The number of hydrogen-bond donors (Lipinski definition) is 2. The normalized spacial score (nSPS) is 16.2. The van der Waals surface area contributed by atoms with Crippen LogP contribution < -0.4 is 10.7 Å². The number of fused-ring (bicyclic) bond motifs is 1. The summed E-state index contributed by atoms with van der Waals surface area (Å²) in [6.45, 7) is 1.84. The van der Waals surface area contributed by atoms with Crippen LogP contribution in [-0.2, 0) is 16.0 Å². The highest BCUT2D eigenvalue weighted by Gasteiger charge is 2.76. The Morgan fingerprint density at radius 2 is 1.77 bits per heavy atom. The molecule has 0 spiro atoms. The second-order valence-electron chi connectivity index (χ2n) is 6.60. The van der Waals surface area contributed by atoms with Crippen molar-refractivity contribution in [3.05, 3.63) is 22.6 Å². The third kappa shape index (κ3) is 4.67. The lowest BCUT2D eigenvalue weighted by Crippen LogP contribution is -2.58. The van der Waals surface area contributed by atoms with Gasteiger partial charge in [-0.1, -0.05) is 0 Å². The zero-order chi connectivity index (χ0) is 23.6. The van der Waals surface area contributed by atoms with Gasteiger partial charge in [-0.05, 0) is 19.8 Å². The van der Waals surface area contributed by atoms with E-state index < -0.39 is 29.8 Å². The molecular weight excluding hydrogens is 443 g/mol. The van der Waals surface area contributed by atoms with Crippen molar-refractivity contribution < 1.29 is 49.5 Å². The van der Waals surface area contributed by atoms with Gasteiger partial charge in [0.1, 0.15) is 5.76 Å². The molecule has 0 fully saturated rings. The summed E-state index contributed by atoms with van der Waals surface area (Å²) in [7, 11) is 1.42. The standard InChI is InChI=1S/C17H18F7N3O4/c1-8-11-9(26-27-14(29)15(18,19)16(20,21)17(22,23)24)4-3-5-10(11)31-12(8)13(28)25-6-7-30-2/h3-7H2,1-2H3,(H,25,28)(H,27,29)/b26-9+. The summed E-state index contributed by atoms with van der Waals surface area (Å²) in [5.41, 5.74) is 1.41. The van der Waals surface area contributed by atoms with E-state index in [1.807, 2.05) is 0 Å². The Morgan fingerprint density at radius 1 is 1.13 bits per heavy atom. The number of amides is 2. The number of halogens is 7. The largest absolute Gasteiger partial charge is 0.460 e. The molecule has 31 heavy (non-hydrogen) atoms. The van der Waals surface area contributed by atoms with Crippen molar-refractivity contribution in [2.45, 2.75) is 44.2 Å². The summed E-state index contributed by atoms with van der Waals surface area (Å²) in [6, 6.07) is 0. The van der Waals surface area contributed by atoms with Crippen LogP contribution in [0.3, 0.4) is 0 Å². The van der Waals surface area contributed by atoms with Gasteiger partial charge in [-0.15, -0.1) is 0 Å². The topological polar surface area (TPSA) is 92.9 Å². The van der Waals surface area contributed by atoms with E-state index in [4.69, 9.17) is 9.15 Å². The van der Waals surface area contributed by atoms with E-state index in [9.17, 15) is 40.3 Å². The number of aryl methyl sites for hydroxylation is 1. The van der Waals surface area contributed by atoms with Crippen LogP contribution in [0.15, 0.2) is 9.52 Å². The van der Waals surface area contributed by atoms with E-state index in [1.165, 1.54) is 14.0 Å². The zero-order valence-electron chi connectivity index (χ0n) is 16.3. The van der Waals surface area contributed by atoms with Crippen LogP contribution in [-0.4, -0.2) is 55.8 Å². The lowest BCUT2D eigenvalue weighted by molar-refractivity contribution is -0.344. The predicted octanol–water partition coefficient (Wildman–Crippen LogP) is 2.95. The van der Waals surface area contributed by atoms with Crippen molar-refractivity contribution >= 4 is 17.5 Å². The Balaban J connectivity index is 2.27. The first-order chi connectivity index (χ1) is 14.3. The second-order valence-corrected chi connectivity index (χ2v) is 6.60. The minimum absolute atomic E-state index is 0.0691. The molecule has 0 aromatic carbocycles. The number of alkyl halides is 7. The number of nitrogens with one attached hydrogen (secondary N) is 2. The van der Waals surface area contributed by atoms with Crippen LogP contribution >= 0.6 is 0 Å². The first-order valence-electron chi connectivity index (χ1n) is 8.84. The van der Waals surface area contributed by atoms with Gasteiger partial charge in [0.15, 0.2) is 5.76 Å². The van der Waals surface area contributed by atoms with Crippen molar-refractivity contribution in [2.75, 3.05) is 20.3 Å². The van der Waals surface area contributed by atoms with Crippen LogP contribution in [0.5, 0.6) is 0 Å². The highest BCUT2D eigenvalue weighted by Crippen LogP contribution is 2.46. The second kappa shape index (κ2) is 8.85. The van der Waals surface area contributed by atoms with E-state index in [-0.39, 0.29) is 47.9 Å². The molecule has 0 aliphatic heterocycles. The number of hydrazone groups is 1. The third-order valence-electron chi connectivity index (χ3n) is 4.45. The molecule has 2 rings (SSSR count). The Bertz CT molecular complexity index is 878. The van der Waals surface area contributed by atoms with Gasteiger partial charge in [0.05, 0.1) is 12.3 Å². The van der Waals surface area contributed by atoms with E-state index in [1.54, 1.807) is 0 Å². The quantitative estimate of drug-likeness (QED) is 0.371. The molecule has 1 aromatic rings. The van der Waals surface area contributed by atoms with E-state index in [2.05, 4.69) is 10.4 Å². The van der Waals surface area contributed by atoms with Crippen molar-refractivity contribution in [3.8, 4) is 0 Å². The van der Waals surface area contributed by atoms with Crippen LogP contribution in [0, 0.1) is 6.92 Å². The summed E-state index contributed by atoms with van der Waals surface area (Å²) in [6.07, 6.45) is -5.91. The van der Waals surface area contributed by atoms with Crippen LogP contribution in [0.1, 0.15) is 40.3 Å². The molecule has 1 aliphatic carbocycles. The molecule has 1 aliphatic rings. The summed E-state index contributed by atoms with van der Waals surface area (Å²) in [4.78, 5) is 23.6. The Labute approximate surface area is 171 Å². The van der Waals surface area contributed by atoms with Gasteiger partial charge in [0, 0.05) is 31.2 Å². The van der Waals surface area contributed by atoms with Gasteiger partial charge in [0.25, 0.3) is 5.91 Å². The first kappa shape index (κ1) is 24.6. The molecule has 14 heteroatoms. The van der Waals surface area contributed by atoms with Gasteiger partial charge < -0.3 is 14.5 Å². The molecule has 1 aromatic heterocycles. The summed E-state index contributed by atoms with van der Waals surface area (Å²) >= 11 is 0. The lowest BCUT2D eigenvalue weighted by Gasteiger charge is -2.26. The van der Waals surface area contributed by atoms with Gasteiger partial charge in [0.2, 0.25) is 0 Å². The number of carbonyl (C=O) groups is 2. The molecule has 1 heterocycles. The van der Waals surface area contributed by atoms with Gasteiger partial charge in [-0.25, -0.2) is 5.43 Å². The molecule has 0 unspecified atom stereocenters. The fraction of sp³-hybridized carbons (Fsp3) is 0.588. The van der Waals surface area contributed by atoms with Gasteiger partial charge in [-0.3, -0.25) is 9.59 Å². The highest BCUT2D eigenvalue weighted by molar-refractivity contribution is 6.06. The first-order valence-corrected chi connectivity index (χ1v) is 8.84. The number of furan rings is 1. The fourth-order valence-corrected chi connectivity index (χ4v) is 2.85. The maximum absolute atomic E-state index is 13.4. The summed E-state index contributed by atoms with van der Waals surface area (Å²) in [5.74, 6) is -16.1. The third-order valence-corrected chi connectivity index (χ3v) is 4.45. The van der Waals surface area contributed by atoms with Crippen molar-refractivity contribution in [3.63, 3.8) is 0 Å². The maximum atomic E-state index is 13.4. The molecule has 7 nitrogen and oxygen atoms in total. The predicted molar refractivity (Wildman–Crippen MR) is 91.2 cm³/mol. The minimum Gasteiger partial charge on any atom is -0.455 e. The number of rotatable bonds is 7. The molecule has 174 valence electrons. The van der Waals surface area contributed by atoms with E-state index in [0.29, 0.717) is 12.8 Å². The smallest absolute Gasteiger partial charge is 0.455 e. The molecule has 0 saturated carbocycles. The number of ether oxygens (including phenoxy) is 1. The Kier molecular flexibility index (Phi) is 7.03. The molecule has 0 saturated heterocycles. The number of hydrogen-bond acceptors (Lipinski definition) is 5. The SMILES string of the molecule is COCCNC(=O)c1oc2c(c1C)/C(=N/NC(=O)C(F)(F)C(F)(F)C(F)(F)F)CCC2. The number of carbonyl (C=O) groups excluding carboxylic acids is 2. The Morgan fingerprint density at radius 3 is 2.35 bits per heavy atom. The van der Waals surface area contributed by atoms with Crippen LogP contribution in [0.4, 0.5) is 30.7 Å². The maximum Gasteiger partial charge on any atom is 0.460 e. The number of nitrogens with zero attached hydrogens (tertiary/aromatic N) is 1. The van der Waals surface area contributed by atoms with Gasteiger partial charge in [-0.2, -0.15) is 35.8 Å². The zero-order valence-corrected chi connectivity index (χ0v) is 16.3. The Hall–Kier alpha value is -2.64. The van der Waals surface area contributed by atoms with E-state index >= 15 is 0 Å². The number of methoxy groups -OCH3 is 1. The fourth-order valence-electron chi connectivity index (χ4n) is 2.85. The van der Waals surface area contributed by atoms with Crippen LogP contribution in [0.25, 0.3) is 0 Å². The van der Waals surface area contributed by atoms with Crippen molar-refractivity contribution in [1.82, 2.24) is 10.7 Å². The lowest BCUT2D eigenvalue weighted by atomic mass is 9.93. The van der Waals surface area contributed by atoms with Crippen molar-refractivity contribution in [1.29, 1.82) is 0 Å². The van der Waals surface area contributed by atoms with Crippen molar-refractivity contribution in [2.24, 2.45) is 5.10 Å². The minimum atomic E-state index is -6.65. The average Bonchev–Trinajstić information content (AvgIpc) is 3.02. The molecule has 0 bridgehead atoms. The molecule has 0 atom stereocenters. The molecular formula is C17H18F7N3O4. The molecule has 0 radical (unpaired) electrons. The van der Waals surface area contributed by atoms with Crippen LogP contribution in [0.2, 0.25) is 0 Å². The van der Waals surface area contributed by atoms with Gasteiger partial charge >= 0.3 is 23.9 Å². The summed E-state index contributed by atoms with van der Waals surface area (Å²) < 4.78 is 99.8.